The lowest BCUT2D eigenvalue weighted by Gasteiger charge is -2.21. The minimum atomic E-state index is -0.273. The SMILES string of the molecule is COc1ccc(C)cc1/C=C/C(=O)N(Cc1ccccc1F)C1CC1. The van der Waals surface area contributed by atoms with Crippen molar-refractivity contribution in [2.75, 3.05) is 7.11 Å². The Morgan fingerprint density at radius 2 is 2.04 bits per heavy atom. The molecule has 0 saturated heterocycles. The largest absolute Gasteiger partial charge is 0.496 e. The Morgan fingerprint density at radius 1 is 1.28 bits per heavy atom. The molecule has 1 saturated carbocycles. The summed E-state index contributed by atoms with van der Waals surface area (Å²) >= 11 is 0. The third-order valence-corrected chi connectivity index (χ3v) is 4.36. The normalized spacial score (nSPS) is 13.9. The highest BCUT2D eigenvalue weighted by molar-refractivity contribution is 5.92. The number of carbonyl (C=O) groups excluding carboxylic acids is 1. The van der Waals surface area contributed by atoms with Gasteiger partial charge in [0.25, 0.3) is 0 Å². The van der Waals surface area contributed by atoms with Crippen LogP contribution in [0.3, 0.4) is 0 Å². The van der Waals surface area contributed by atoms with Gasteiger partial charge in [-0.1, -0.05) is 29.8 Å². The number of hydrogen-bond donors (Lipinski definition) is 0. The maximum Gasteiger partial charge on any atom is 0.247 e. The van der Waals surface area contributed by atoms with Crippen LogP contribution < -0.4 is 4.74 Å². The number of nitrogens with zero attached hydrogens (tertiary/aromatic N) is 1. The van der Waals surface area contributed by atoms with Crippen LogP contribution in [-0.2, 0) is 11.3 Å². The van der Waals surface area contributed by atoms with Gasteiger partial charge in [0.1, 0.15) is 11.6 Å². The van der Waals surface area contributed by atoms with Crippen LogP contribution in [0.5, 0.6) is 5.75 Å². The summed E-state index contributed by atoms with van der Waals surface area (Å²) in [5.74, 6) is 0.348. The molecule has 3 rings (SSSR count). The smallest absolute Gasteiger partial charge is 0.247 e. The maximum absolute atomic E-state index is 13.9. The molecule has 130 valence electrons. The van der Waals surface area contributed by atoms with Gasteiger partial charge in [-0.05, 0) is 44.0 Å². The van der Waals surface area contributed by atoms with E-state index in [0.717, 1.165) is 29.7 Å². The van der Waals surface area contributed by atoms with E-state index in [9.17, 15) is 9.18 Å². The molecular formula is C21H22FNO2. The van der Waals surface area contributed by atoms with Gasteiger partial charge in [-0.3, -0.25) is 4.79 Å². The van der Waals surface area contributed by atoms with Crippen LogP contribution in [0.4, 0.5) is 4.39 Å². The van der Waals surface area contributed by atoms with Gasteiger partial charge in [-0.2, -0.15) is 0 Å². The van der Waals surface area contributed by atoms with Gasteiger partial charge in [-0.25, -0.2) is 4.39 Å². The van der Waals surface area contributed by atoms with E-state index in [4.69, 9.17) is 4.74 Å². The molecule has 1 aliphatic carbocycles. The highest BCUT2D eigenvalue weighted by Gasteiger charge is 2.32. The first-order chi connectivity index (χ1) is 12.1. The van der Waals surface area contributed by atoms with Crippen molar-refractivity contribution < 1.29 is 13.9 Å². The molecule has 0 heterocycles. The van der Waals surface area contributed by atoms with Crippen LogP contribution in [0.2, 0.25) is 0 Å². The lowest BCUT2D eigenvalue weighted by Crippen LogP contribution is -2.31. The van der Waals surface area contributed by atoms with Crippen LogP contribution in [-0.4, -0.2) is 24.0 Å². The maximum atomic E-state index is 13.9. The first-order valence-electron chi connectivity index (χ1n) is 8.45. The third kappa shape index (κ3) is 4.27. The summed E-state index contributed by atoms with van der Waals surface area (Å²) < 4.78 is 19.3. The lowest BCUT2D eigenvalue weighted by atomic mass is 10.1. The van der Waals surface area contributed by atoms with E-state index in [1.165, 1.54) is 6.07 Å². The molecule has 1 aliphatic rings. The van der Waals surface area contributed by atoms with Crippen molar-refractivity contribution in [3.8, 4) is 5.75 Å². The van der Waals surface area contributed by atoms with Gasteiger partial charge in [0, 0.05) is 29.8 Å². The van der Waals surface area contributed by atoms with Crippen molar-refractivity contribution in [3.05, 3.63) is 71.0 Å². The second kappa shape index (κ2) is 7.51. The molecule has 2 aromatic carbocycles. The van der Waals surface area contributed by atoms with E-state index >= 15 is 0 Å². The minimum Gasteiger partial charge on any atom is -0.496 e. The summed E-state index contributed by atoms with van der Waals surface area (Å²) in [6.45, 7) is 2.29. The average molecular weight is 339 g/mol. The molecule has 0 spiro atoms. The van der Waals surface area contributed by atoms with Crippen LogP contribution in [0.15, 0.2) is 48.5 Å². The Kier molecular flexibility index (Phi) is 5.17. The minimum absolute atomic E-state index is 0.102. The van der Waals surface area contributed by atoms with Gasteiger partial charge in [-0.15, -0.1) is 0 Å². The number of halogens is 1. The van der Waals surface area contributed by atoms with Crippen molar-refractivity contribution in [2.24, 2.45) is 0 Å². The Labute approximate surface area is 147 Å². The number of rotatable bonds is 6. The van der Waals surface area contributed by atoms with E-state index in [2.05, 4.69) is 0 Å². The molecule has 2 aromatic rings. The Morgan fingerprint density at radius 3 is 2.72 bits per heavy atom. The molecule has 0 bridgehead atoms. The molecular weight excluding hydrogens is 317 g/mol. The number of methoxy groups -OCH3 is 1. The van der Waals surface area contributed by atoms with Crippen molar-refractivity contribution in [1.82, 2.24) is 4.90 Å². The first-order valence-corrected chi connectivity index (χ1v) is 8.45. The summed E-state index contributed by atoms with van der Waals surface area (Å²) in [7, 11) is 1.61. The number of aryl methyl sites for hydroxylation is 1. The standard InChI is InChI=1S/C21H22FNO2/c1-15-7-11-20(25-2)16(13-15)8-12-21(24)23(18-9-10-18)14-17-5-3-4-6-19(17)22/h3-8,11-13,18H,9-10,14H2,1-2H3/b12-8+. The molecule has 0 unspecified atom stereocenters. The summed E-state index contributed by atoms with van der Waals surface area (Å²) in [6, 6.07) is 12.6. The summed E-state index contributed by atoms with van der Waals surface area (Å²) in [4.78, 5) is 14.4. The molecule has 0 aliphatic heterocycles. The van der Waals surface area contributed by atoms with Crippen LogP contribution in [0.25, 0.3) is 6.08 Å². The Bertz CT molecular complexity index is 796. The predicted molar refractivity (Wildman–Crippen MR) is 96.7 cm³/mol. The summed E-state index contributed by atoms with van der Waals surface area (Å²) in [6.07, 6.45) is 5.27. The van der Waals surface area contributed by atoms with E-state index in [-0.39, 0.29) is 17.8 Å². The van der Waals surface area contributed by atoms with Crippen molar-refractivity contribution in [1.29, 1.82) is 0 Å². The number of carbonyl (C=O) groups is 1. The quantitative estimate of drug-likeness (QED) is 0.733. The number of ether oxygens (including phenoxy) is 1. The average Bonchev–Trinajstić information content (AvgIpc) is 3.44. The van der Waals surface area contributed by atoms with Crippen LogP contribution in [0.1, 0.15) is 29.5 Å². The second-order valence-corrected chi connectivity index (χ2v) is 6.37. The molecule has 1 fully saturated rings. The van der Waals surface area contributed by atoms with E-state index < -0.39 is 0 Å². The fourth-order valence-electron chi connectivity index (χ4n) is 2.82. The van der Waals surface area contributed by atoms with Gasteiger partial charge in [0.15, 0.2) is 0 Å². The number of benzene rings is 2. The van der Waals surface area contributed by atoms with Crippen LogP contribution >= 0.6 is 0 Å². The van der Waals surface area contributed by atoms with Crippen molar-refractivity contribution in [3.63, 3.8) is 0 Å². The molecule has 0 atom stereocenters. The van der Waals surface area contributed by atoms with Crippen molar-refractivity contribution >= 4 is 12.0 Å². The number of hydrogen-bond acceptors (Lipinski definition) is 2. The Hall–Kier alpha value is -2.62. The van der Waals surface area contributed by atoms with E-state index in [1.807, 2.05) is 25.1 Å². The topological polar surface area (TPSA) is 29.5 Å². The summed E-state index contributed by atoms with van der Waals surface area (Å²) in [5, 5.41) is 0. The molecule has 4 heteroatoms. The van der Waals surface area contributed by atoms with Crippen molar-refractivity contribution in [2.45, 2.75) is 32.4 Å². The lowest BCUT2D eigenvalue weighted by molar-refractivity contribution is -0.127. The zero-order chi connectivity index (χ0) is 17.8. The van der Waals surface area contributed by atoms with E-state index in [0.29, 0.717) is 12.1 Å². The third-order valence-electron chi connectivity index (χ3n) is 4.36. The monoisotopic (exact) mass is 339 g/mol. The molecule has 0 aromatic heterocycles. The fraction of sp³-hybridized carbons (Fsp3) is 0.286. The molecule has 25 heavy (non-hydrogen) atoms. The highest BCUT2D eigenvalue weighted by Crippen LogP contribution is 2.29. The first kappa shape index (κ1) is 17.2. The van der Waals surface area contributed by atoms with E-state index in [1.54, 1.807) is 42.4 Å². The highest BCUT2D eigenvalue weighted by atomic mass is 19.1. The summed E-state index contributed by atoms with van der Waals surface area (Å²) in [5.41, 5.74) is 2.50. The van der Waals surface area contributed by atoms with Gasteiger partial charge >= 0.3 is 0 Å². The van der Waals surface area contributed by atoms with Crippen LogP contribution in [0, 0.1) is 12.7 Å². The molecule has 3 nitrogen and oxygen atoms in total. The van der Waals surface area contributed by atoms with Gasteiger partial charge in [0.2, 0.25) is 5.91 Å². The second-order valence-electron chi connectivity index (χ2n) is 6.37. The predicted octanol–water partition coefficient (Wildman–Crippen LogP) is 4.35. The van der Waals surface area contributed by atoms with Gasteiger partial charge < -0.3 is 9.64 Å². The zero-order valence-corrected chi connectivity index (χ0v) is 14.5. The fourth-order valence-corrected chi connectivity index (χ4v) is 2.82. The molecule has 0 radical (unpaired) electrons. The zero-order valence-electron chi connectivity index (χ0n) is 14.5. The number of amides is 1. The molecule has 1 amide bonds. The Balaban J connectivity index is 1.78. The molecule has 0 N–H and O–H groups in total. The van der Waals surface area contributed by atoms with Gasteiger partial charge in [0.05, 0.1) is 7.11 Å².